The van der Waals surface area contributed by atoms with Gasteiger partial charge in [-0.2, -0.15) is 0 Å². The fourth-order valence-corrected chi connectivity index (χ4v) is 7.05. The lowest BCUT2D eigenvalue weighted by Gasteiger charge is -2.27. The van der Waals surface area contributed by atoms with Crippen LogP contribution in [0.2, 0.25) is 0 Å². The van der Waals surface area contributed by atoms with Crippen LogP contribution in [0.25, 0.3) is 21.9 Å². The second-order valence-electron chi connectivity index (χ2n) is 17.3. The summed E-state index contributed by atoms with van der Waals surface area (Å²) in [6.07, 6.45) is 0. The maximum atomic E-state index is 7.25. The van der Waals surface area contributed by atoms with Crippen LogP contribution < -0.4 is 0 Å². The summed E-state index contributed by atoms with van der Waals surface area (Å²) in [5.74, 6) is 1.08. The molecule has 0 radical (unpaired) electrons. The first-order valence-electron chi connectivity index (χ1n) is 15.7. The summed E-state index contributed by atoms with van der Waals surface area (Å²) in [7, 11) is -1.45. The fraction of sp³-hybridized carbons (Fsp3) is 0.649. The van der Waals surface area contributed by atoms with Gasteiger partial charge < -0.3 is 13.1 Å². The van der Waals surface area contributed by atoms with E-state index in [1.807, 2.05) is 0 Å². The van der Waals surface area contributed by atoms with E-state index in [0.717, 1.165) is 27.8 Å². The first kappa shape index (κ1) is 32.7. The molecular weight excluding hydrogens is 537 g/mol. The van der Waals surface area contributed by atoms with E-state index in [4.69, 9.17) is 18.1 Å². The Morgan fingerprint density at radius 3 is 1.36 bits per heavy atom. The lowest BCUT2D eigenvalue weighted by molar-refractivity contribution is 0.274. The van der Waals surface area contributed by atoms with Gasteiger partial charge in [-0.25, -0.2) is 4.99 Å². The summed E-state index contributed by atoms with van der Waals surface area (Å²) in [6, 6.07) is 9.42. The van der Waals surface area contributed by atoms with E-state index in [2.05, 4.69) is 135 Å². The van der Waals surface area contributed by atoms with Gasteiger partial charge in [-0.3, -0.25) is 0 Å². The molecule has 0 N–H and O–H groups in total. The van der Waals surface area contributed by atoms with E-state index >= 15 is 0 Å². The summed E-state index contributed by atoms with van der Waals surface area (Å²) in [5, 5.41) is 1.86. The van der Waals surface area contributed by atoms with Gasteiger partial charge in [0, 0.05) is 27.8 Å². The van der Waals surface area contributed by atoms with Crippen molar-refractivity contribution in [2.75, 3.05) is 6.61 Å². The summed E-state index contributed by atoms with van der Waals surface area (Å²) >= 11 is 0. The smallest absolute Gasteiger partial charge is 0.225 e. The molecule has 0 saturated heterocycles. The average molecular weight is 594 g/mol. The maximum Gasteiger partial charge on any atom is 0.225 e. The van der Waals surface area contributed by atoms with Gasteiger partial charge >= 0.3 is 0 Å². The Kier molecular flexibility index (Phi) is 8.15. The lowest BCUT2D eigenvalue weighted by atomic mass is 9.77. The van der Waals surface area contributed by atoms with Crippen LogP contribution in [0.3, 0.4) is 0 Å². The number of benzene rings is 2. The molecule has 4 nitrogen and oxygen atoms in total. The van der Waals surface area contributed by atoms with E-state index < -0.39 is 13.2 Å². The Balaban J connectivity index is 2.30. The molecule has 0 unspecified atom stereocenters. The number of fused-ring (bicyclic) bond motifs is 3. The Morgan fingerprint density at radius 1 is 0.643 bits per heavy atom. The van der Waals surface area contributed by atoms with E-state index in [1.54, 1.807) is 0 Å². The quantitative estimate of drug-likeness (QED) is 0.303. The molecule has 4 rings (SSSR count). The van der Waals surface area contributed by atoms with Crippen LogP contribution in [0.4, 0.5) is 0 Å². The third-order valence-corrected chi connectivity index (χ3v) is 10.6. The van der Waals surface area contributed by atoms with Crippen molar-refractivity contribution >= 4 is 35.8 Å². The van der Waals surface area contributed by atoms with E-state index in [1.165, 1.54) is 22.3 Å². The van der Waals surface area contributed by atoms with Crippen molar-refractivity contribution in [2.24, 2.45) is 10.9 Å². The first-order chi connectivity index (χ1) is 18.9. The van der Waals surface area contributed by atoms with E-state index in [9.17, 15) is 0 Å². The van der Waals surface area contributed by atoms with E-state index in [0.29, 0.717) is 6.61 Å². The van der Waals surface area contributed by atoms with Crippen LogP contribution in [0, 0.1) is 5.92 Å². The number of nitrogens with zero attached hydrogens (tertiary/aromatic N) is 1. The Labute approximate surface area is 256 Å². The lowest BCUT2D eigenvalue weighted by Crippen LogP contribution is -2.28. The highest BCUT2D eigenvalue weighted by Gasteiger charge is 2.41. The van der Waals surface area contributed by atoms with Gasteiger partial charge in [-0.1, -0.05) is 109 Å². The molecule has 0 saturated carbocycles. The highest BCUT2D eigenvalue weighted by molar-refractivity contribution is 7.38. The Morgan fingerprint density at radius 2 is 1.05 bits per heavy atom. The zero-order valence-electron chi connectivity index (χ0n) is 29.3. The highest BCUT2D eigenvalue weighted by Crippen LogP contribution is 2.53. The van der Waals surface area contributed by atoms with Crippen LogP contribution in [0.15, 0.2) is 37.7 Å². The summed E-state index contributed by atoms with van der Waals surface area (Å²) in [5.41, 5.74) is 6.64. The molecule has 232 valence electrons. The summed E-state index contributed by atoms with van der Waals surface area (Å²) in [4.78, 5) is 5.06. The molecule has 5 heteroatoms. The zero-order chi connectivity index (χ0) is 31.8. The van der Waals surface area contributed by atoms with Gasteiger partial charge in [-0.05, 0) is 58.8 Å². The third kappa shape index (κ3) is 6.21. The Hall–Kier alpha value is -2.19. The minimum absolute atomic E-state index is 0.0238. The van der Waals surface area contributed by atoms with Crippen LogP contribution in [0.1, 0.15) is 133 Å². The standard InChI is InChI=1S/C37H56NO3P/c1-22(2)32-38-29(21-39-32)37(15,16)42-40-30-25(17-23(33(3,4)5)19-27(30)35(9,10)11)26-18-24(34(6,7)8)20-28(31(26)41-42)36(12,13)14/h17-20,22,29H,21H2,1-16H3/t29-/m0/s1. The van der Waals surface area contributed by atoms with Gasteiger partial charge in [0.05, 0.1) is 5.16 Å². The molecule has 42 heavy (non-hydrogen) atoms. The third-order valence-electron chi connectivity index (χ3n) is 8.62. The van der Waals surface area contributed by atoms with Crippen molar-refractivity contribution in [1.82, 2.24) is 0 Å². The number of aliphatic imine (C=N–C) groups is 1. The molecule has 2 aromatic carbocycles. The van der Waals surface area contributed by atoms with E-state index in [-0.39, 0.29) is 33.6 Å². The molecule has 0 spiro atoms. The minimum Gasteiger partial charge on any atom is -0.478 e. The molecule has 1 atom stereocenters. The van der Waals surface area contributed by atoms with Crippen LogP contribution in [-0.2, 0) is 31.6 Å². The topological polar surface area (TPSA) is 47.9 Å². The fourth-order valence-electron chi connectivity index (χ4n) is 5.45. The van der Waals surface area contributed by atoms with Crippen LogP contribution >= 0.6 is 8.01 Å². The average Bonchev–Trinajstić information content (AvgIpc) is 3.26. The van der Waals surface area contributed by atoms with Gasteiger partial charge in [-0.15, -0.1) is 0 Å². The molecule has 1 aromatic heterocycles. The Bertz CT molecular complexity index is 1470. The summed E-state index contributed by atoms with van der Waals surface area (Å²) in [6.45, 7) is 36.8. The van der Waals surface area contributed by atoms with Crippen LogP contribution in [0.5, 0.6) is 0 Å². The predicted molar refractivity (Wildman–Crippen MR) is 182 cm³/mol. The zero-order valence-corrected chi connectivity index (χ0v) is 30.2. The van der Waals surface area contributed by atoms with Crippen molar-refractivity contribution in [3.8, 4) is 0 Å². The van der Waals surface area contributed by atoms with Crippen molar-refractivity contribution in [3.63, 3.8) is 0 Å². The molecule has 0 bridgehead atoms. The molecule has 1 aliphatic heterocycles. The summed E-state index contributed by atoms with van der Waals surface area (Å²) < 4.78 is 20.6. The highest BCUT2D eigenvalue weighted by atomic mass is 31.1. The second kappa shape index (κ2) is 10.5. The van der Waals surface area contributed by atoms with Crippen molar-refractivity contribution in [1.29, 1.82) is 0 Å². The molecule has 0 amide bonds. The predicted octanol–water partition coefficient (Wildman–Crippen LogP) is 11.7. The SMILES string of the molecule is CC(C)C1=N[C@H](C(C)(C)p2oc3c(C(C)(C)C)cc(C(C)(C)C)cc3c3cc(C(C)(C)C)cc(C(C)(C)C)c3o2)CO1. The molecule has 3 aromatic rings. The molecule has 1 aliphatic rings. The van der Waals surface area contributed by atoms with Crippen molar-refractivity contribution in [3.05, 3.63) is 46.5 Å². The van der Waals surface area contributed by atoms with Gasteiger partial charge in [0.2, 0.25) is 8.01 Å². The second-order valence-corrected chi connectivity index (χ2v) is 19.4. The molecule has 0 fully saturated rings. The monoisotopic (exact) mass is 593 g/mol. The normalized spacial score (nSPS) is 17.3. The number of hydrogen-bond donors (Lipinski definition) is 0. The molecular formula is C37H56NO3P. The first-order valence-corrected chi connectivity index (χ1v) is 16.8. The minimum atomic E-state index is -1.45. The number of ether oxygens (including phenoxy) is 1. The van der Waals surface area contributed by atoms with Crippen molar-refractivity contribution in [2.45, 2.75) is 144 Å². The van der Waals surface area contributed by atoms with Crippen molar-refractivity contribution < 1.29 is 13.1 Å². The number of rotatable bonds is 3. The number of hydrogen-bond acceptors (Lipinski definition) is 4. The van der Waals surface area contributed by atoms with Gasteiger partial charge in [0.15, 0.2) is 5.90 Å². The van der Waals surface area contributed by atoms with Gasteiger partial charge in [0.1, 0.15) is 23.8 Å². The largest absolute Gasteiger partial charge is 0.478 e. The van der Waals surface area contributed by atoms with Gasteiger partial charge in [0.25, 0.3) is 0 Å². The molecule has 0 aliphatic carbocycles. The van der Waals surface area contributed by atoms with Crippen LogP contribution in [-0.4, -0.2) is 18.5 Å². The molecule has 2 heterocycles. The maximum absolute atomic E-state index is 7.25.